The minimum atomic E-state index is 0.0768. The van der Waals surface area contributed by atoms with Gasteiger partial charge in [0.25, 0.3) is 0 Å². The number of nitrogens with one attached hydrogen (secondary N) is 2. The van der Waals surface area contributed by atoms with E-state index in [-0.39, 0.29) is 5.54 Å². The Bertz CT molecular complexity index is 508. The van der Waals surface area contributed by atoms with Crippen LogP contribution >= 0.6 is 11.3 Å². The van der Waals surface area contributed by atoms with E-state index in [4.69, 9.17) is 4.74 Å². The molecule has 0 unspecified atom stereocenters. The summed E-state index contributed by atoms with van der Waals surface area (Å²) in [6.07, 6.45) is 0.915. The zero-order chi connectivity index (χ0) is 16.7. The maximum absolute atomic E-state index is 5.44. The Morgan fingerprint density at radius 3 is 2.74 bits per heavy atom. The first kappa shape index (κ1) is 18.2. The molecular formula is C16H29N5OS. The molecule has 23 heavy (non-hydrogen) atoms. The topological polar surface area (TPSA) is 61.8 Å². The van der Waals surface area contributed by atoms with Crippen LogP contribution in [0.25, 0.3) is 0 Å². The Labute approximate surface area is 143 Å². The number of thiazole rings is 1. The van der Waals surface area contributed by atoms with Crippen LogP contribution in [0.3, 0.4) is 0 Å². The lowest BCUT2D eigenvalue weighted by Gasteiger charge is -2.41. The van der Waals surface area contributed by atoms with Crippen LogP contribution in [-0.2, 0) is 11.2 Å². The Kier molecular flexibility index (Phi) is 6.80. The van der Waals surface area contributed by atoms with Crippen LogP contribution in [0.2, 0.25) is 0 Å². The fraction of sp³-hybridized carbons (Fsp3) is 0.750. The molecule has 1 saturated heterocycles. The summed E-state index contributed by atoms with van der Waals surface area (Å²) in [5.41, 5.74) is 1.22. The predicted molar refractivity (Wildman–Crippen MR) is 96.4 cm³/mol. The second-order valence-corrected chi connectivity index (χ2v) is 7.43. The van der Waals surface area contributed by atoms with E-state index in [0.29, 0.717) is 0 Å². The summed E-state index contributed by atoms with van der Waals surface area (Å²) in [4.78, 5) is 11.3. The Hall–Kier alpha value is -1.18. The van der Waals surface area contributed by atoms with Gasteiger partial charge in [-0.1, -0.05) is 0 Å². The molecule has 0 radical (unpaired) electrons. The predicted octanol–water partition coefficient (Wildman–Crippen LogP) is 1.27. The van der Waals surface area contributed by atoms with Gasteiger partial charge in [-0.25, -0.2) is 4.98 Å². The van der Waals surface area contributed by atoms with Gasteiger partial charge in [-0.05, 0) is 20.8 Å². The van der Waals surface area contributed by atoms with Gasteiger partial charge in [0, 0.05) is 50.6 Å². The number of hydrogen-bond donors (Lipinski definition) is 2. The second-order valence-electron chi connectivity index (χ2n) is 6.37. The van der Waals surface area contributed by atoms with Gasteiger partial charge in [0.05, 0.1) is 23.9 Å². The van der Waals surface area contributed by atoms with E-state index < -0.39 is 0 Å². The van der Waals surface area contributed by atoms with Gasteiger partial charge in [0.15, 0.2) is 5.96 Å². The van der Waals surface area contributed by atoms with E-state index in [1.54, 1.807) is 11.3 Å². The van der Waals surface area contributed by atoms with Gasteiger partial charge < -0.3 is 15.4 Å². The fourth-order valence-corrected chi connectivity index (χ4v) is 3.28. The average Bonchev–Trinajstić information content (AvgIpc) is 2.97. The normalized spacial score (nSPS) is 17.3. The zero-order valence-electron chi connectivity index (χ0n) is 14.7. The molecule has 0 aromatic carbocycles. The fourth-order valence-electron chi connectivity index (χ4n) is 2.63. The molecule has 0 amide bonds. The Balaban J connectivity index is 1.73. The number of nitrogens with zero attached hydrogens (tertiary/aromatic N) is 3. The molecule has 0 spiro atoms. The quantitative estimate of drug-likeness (QED) is 0.604. The van der Waals surface area contributed by atoms with Gasteiger partial charge in [-0.3, -0.25) is 9.89 Å². The van der Waals surface area contributed by atoms with Crippen molar-refractivity contribution in [3.63, 3.8) is 0 Å². The molecule has 0 atom stereocenters. The van der Waals surface area contributed by atoms with Crippen LogP contribution in [0.5, 0.6) is 0 Å². The first-order valence-corrected chi connectivity index (χ1v) is 9.07. The molecule has 0 saturated carbocycles. The highest BCUT2D eigenvalue weighted by molar-refractivity contribution is 7.09. The van der Waals surface area contributed by atoms with Crippen LogP contribution in [0, 0.1) is 6.92 Å². The number of guanidine groups is 1. The number of hydrogen-bond acceptors (Lipinski definition) is 5. The maximum atomic E-state index is 5.44. The standard InChI is InChI=1S/C16H29N5OS/c1-13-20-14(11-23-13)5-6-18-15(17-4)19-12-16(2,3)21-7-9-22-10-8-21/h11H,5-10,12H2,1-4H3,(H2,17,18,19). The number of rotatable bonds is 6. The molecule has 6 nitrogen and oxygen atoms in total. The van der Waals surface area contributed by atoms with Gasteiger partial charge in [-0.2, -0.15) is 0 Å². The van der Waals surface area contributed by atoms with E-state index in [0.717, 1.165) is 62.5 Å². The van der Waals surface area contributed by atoms with Gasteiger partial charge >= 0.3 is 0 Å². The highest BCUT2D eigenvalue weighted by Crippen LogP contribution is 2.15. The van der Waals surface area contributed by atoms with Crippen molar-refractivity contribution in [2.24, 2.45) is 4.99 Å². The molecule has 2 N–H and O–H groups in total. The summed E-state index contributed by atoms with van der Waals surface area (Å²) in [6, 6.07) is 0. The van der Waals surface area contributed by atoms with Crippen molar-refractivity contribution in [2.45, 2.75) is 32.7 Å². The van der Waals surface area contributed by atoms with Crippen LogP contribution in [0.1, 0.15) is 24.5 Å². The molecule has 2 rings (SSSR count). The van der Waals surface area contributed by atoms with Crippen molar-refractivity contribution in [3.05, 3.63) is 16.1 Å². The molecule has 1 fully saturated rings. The first-order chi connectivity index (χ1) is 11.0. The van der Waals surface area contributed by atoms with Crippen LogP contribution in [0.15, 0.2) is 10.4 Å². The molecule has 1 aliphatic rings. The molecule has 0 aliphatic carbocycles. The lowest BCUT2D eigenvalue weighted by atomic mass is 10.0. The molecule has 130 valence electrons. The van der Waals surface area contributed by atoms with Crippen molar-refractivity contribution in [3.8, 4) is 0 Å². The van der Waals surface area contributed by atoms with Crippen molar-refractivity contribution < 1.29 is 4.74 Å². The SMILES string of the molecule is CN=C(NCCc1csc(C)n1)NCC(C)(C)N1CCOCC1. The van der Waals surface area contributed by atoms with Crippen LogP contribution in [-0.4, -0.2) is 67.8 Å². The van der Waals surface area contributed by atoms with E-state index in [1.807, 2.05) is 14.0 Å². The summed E-state index contributed by atoms with van der Waals surface area (Å²) >= 11 is 1.70. The summed E-state index contributed by atoms with van der Waals surface area (Å²) in [5.74, 6) is 0.846. The highest BCUT2D eigenvalue weighted by Gasteiger charge is 2.28. The number of aryl methyl sites for hydroxylation is 1. The maximum Gasteiger partial charge on any atom is 0.191 e. The van der Waals surface area contributed by atoms with E-state index >= 15 is 0 Å². The summed E-state index contributed by atoms with van der Waals surface area (Å²) in [6.45, 7) is 11.9. The third-order valence-corrected chi connectivity index (χ3v) is 4.94. The lowest BCUT2D eigenvalue weighted by molar-refractivity contribution is -0.00833. The van der Waals surface area contributed by atoms with E-state index in [2.05, 4.69) is 44.7 Å². The minimum absolute atomic E-state index is 0.0768. The number of aliphatic imine (C=N–C) groups is 1. The van der Waals surface area contributed by atoms with E-state index in [1.165, 1.54) is 0 Å². The second kappa shape index (κ2) is 8.61. The molecule has 7 heteroatoms. The number of aromatic nitrogens is 1. The largest absolute Gasteiger partial charge is 0.379 e. The average molecular weight is 340 g/mol. The van der Waals surface area contributed by atoms with Crippen molar-refractivity contribution in [1.82, 2.24) is 20.5 Å². The summed E-state index contributed by atoms with van der Waals surface area (Å²) in [7, 11) is 1.81. The van der Waals surface area contributed by atoms with Gasteiger partial charge in [0.1, 0.15) is 0 Å². The molecule has 1 aliphatic heterocycles. The summed E-state index contributed by atoms with van der Waals surface area (Å²) in [5, 5.41) is 10.0. The van der Waals surface area contributed by atoms with E-state index in [9.17, 15) is 0 Å². The highest BCUT2D eigenvalue weighted by atomic mass is 32.1. The van der Waals surface area contributed by atoms with Crippen molar-refractivity contribution in [2.75, 3.05) is 46.4 Å². The van der Waals surface area contributed by atoms with Crippen molar-refractivity contribution in [1.29, 1.82) is 0 Å². The summed E-state index contributed by atoms with van der Waals surface area (Å²) < 4.78 is 5.44. The molecule has 1 aromatic heterocycles. The minimum Gasteiger partial charge on any atom is -0.379 e. The van der Waals surface area contributed by atoms with Crippen molar-refractivity contribution >= 4 is 17.3 Å². The van der Waals surface area contributed by atoms with Gasteiger partial charge in [0.2, 0.25) is 0 Å². The Morgan fingerprint density at radius 1 is 1.39 bits per heavy atom. The first-order valence-electron chi connectivity index (χ1n) is 8.19. The monoisotopic (exact) mass is 339 g/mol. The van der Waals surface area contributed by atoms with Crippen LogP contribution < -0.4 is 10.6 Å². The third kappa shape index (κ3) is 5.75. The number of morpholine rings is 1. The zero-order valence-corrected chi connectivity index (χ0v) is 15.5. The molecular weight excluding hydrogens is 310 g/mol. The lowest BCUT2D eigenvalue weighted by Crippen LogP contribution is -2.56. The molecule has 2 heterocycles. The molecule has 0 bridgehead atoms. The van der Waals surface area contributed by atoms with Gasteiger partial charge in [-0.15, -0.1) is 11.3 Å². The van der Waals surface area contributed by atoms with Crippen LogP contribution in [0.4, 0.5) is 0 Å². The third-order valence-electron chi connectivity index (χ3n) is 4.12. The smallest absolute Gasteiger partial charge is 0.191 e. The molecule has 1 aromatic rings. The number of ether oxygens (including phenoxy) is 1. The Morgan fingerprint density at radius 2 is 2.13 bits per heavy atom.